The van der Waals surface area contributed by atoms with Crippen molar-refractivity contribution in [2.45, 2.75) is 38.8 Å². The molecule has 1 rings (SSSR count). The zero-order valence-electron chi connectivity index (χ0n) is 12.5. The van der Waals surface area contributed by atoms with Gasteiger partial charge in [-0.2, -0.15) is 0 Å². The molecule has 1 saturated heterocycles. The number of carboxylic acids is 1. The van der Waals surface area contributed by atoms with E-state index in [1.165, 1.54) is 4.90 Å². The second kappa shape index (κ2) is 5.77. The summed E-state index contributed by atoms with van der Waals surface area (Å²) < 4.78 is 0. The first-order valence-corrected chi connectivity index (χ1v) is 6.68. The predicted molar refractivity (Wildman–Crippen MR) is 73.2 cm³/mol. The Bertz CT molecular complexity index is 357. The van der Waals surface area contributed by atoms with Crippen molar-refractivity contribution < 1.29 is 14.7 Å². The van der Waals surface area contributed by atoms with Crippen LogP contribution in [0.4, 0.5) is 4.79 Å². The molecule has 2 amide bonds. The van der Waals surface area contributed by atoms with E-state index in [0.29, 0.717) is 19.1 Å². The number of carbonyl (C=O) groups is 2. The second-order valence-corrected chi connectivity index (χ2v) is 5.69. The lowest BCUT2D eigenvalue weighted by Crippen LogP contribution is -2.60. The highest BCUT2D eigenvalue weighted by molar-refractivity contribution is 5.85. The number of piperazine rings is 1. The number of urea groups is 1. The van der Waals surface area contributed by atoms with Crippen LogP contribution < -0.4 is 0 Å². The highest BCUT2D eigenvalue weighted by atomic mass is 16.4. The molecule has 1 N–H and O–H groups in total. The minimum absolute atomic E-state index is 0.209. The first kappa shape index (κ1) is 15.8. The molecule has 19 heavy (non-hydrogen) atoms. The van der Waals surface area contributed by atoms with E-state index >= 15 is 0 Å². The largest absolute Gasteiger partial charge is 0.480 e. The Morgan fingerprint density at radius 3 is 2.42 bits per heavy atom. The summed E-state index contributed by atoms with van der Waals surface area (Å²) in [6.45, 7) is 7.31. The summed E-state index contributed by atoms with van der Waals surface area (Å²) in [6.07, 6.45) is 0.978. The van der Waals surface area contributed by atoms with Crippen LogP contribution in [-0.2, 0) is 4.79 Å². The van der Waals surface area contributed by atoms with Crippen LogP contribution >= 0.6 is 0 Å². The van der Waals surface area contributed by atoms with E-state index in [1.54, 1.807) is 25.8 Å². The highest BCUT2D eigenvalue weighted by Gasteiger charge is 2.38. The first-order valence-electron chi connectivity index (χ1n) is 6.68. The van der Waals surface area contributed by atoms with Crippen molar-refractivity contribution >= 4 is 12.0 Å². The summed E-state index contributed by atoms with van der Waals surface area (Å²) in [7, 11) is 3.61. The zero-order valence-corrected chi connectivity index (χ0v) is 12.5. The van der Waals surface area contributed by atoms with E-state index in [2.05, 4.69) is 18.9 Å². The Hall–Kier alpha value is -1.30. The summed E-state index contributed by atoms with van der Waals surface area (Å²) in [4.78, 5) is 28.9. The van der Waals surface area contributed by atoms with E-state index in [-0.39, 0.29) is 6.03 Å². The van der Waals surface area contributed by atoms with Crippen LogP contribution in [0.2, 0.25) is 0 Å². The molecule has 0 spiro atoms. The SMILES string of the molecule is CCC1CN(C(=O)N(C)C(C)(C)C(=O)O)CCN1C. The van der Waals surface area contributed by atoms with E-state index in [9.17, 15) is 14.7 Å². The standard InChI is InChI=1S/C13H25N3O3/c1-6-10-9-16(8-7-14(10)4)12(19)15(5)13(2,3)11(17)18/h10H,6-9H2,1-5H3,(H,17,18). The third-order valence-electron chi connectivity index (χ3n) is 4.17. The molecule has 6 heteroatoms. The summed E-state index contributed by atoms with van der Waals surface area (Å²) in [5.74, 6) is -0.996. The number of nitrogens with zero attached hydrogens (tertiary/aromatic N) is 3. The molecule has 1 unspecified atom stereocenters. The predicted octanol–water partition coefficient (Wildman–Crippen LogP) is 0.927. The fraction of sp³-hybridized carbons (Fsp3) is 0.846. The molecule has 1 heterocycles. The van der Waals surface area contributed by atoms with Crippen LogP contribution in [0, 0.1) is 0 Å². The average Bonchev–Trinajstić information content (AvgIpc) is 2.37. The number of carbonyl (C=O) groups excluding carboxylic acids is 1. The quantitative estimate of drug-likeness (QED) is 0.829. The van der Waals surface area contributed by atoms with Crippen LogP contribution in [0.25, 0.3) is 0 Å². The molecule has 1 aliphatic heterocycles. The van der Waals surface area contributed by atoms with E-state index in [4.69, 9.17) is 0 Å². The molecular weight excluding hydrogens is 246 g/mol. The molecule has 1 fully saturated rings. The molecule has 0 aromatic heterocycles. The number of rotatable bonds is 3. The monoisotopic (exact) mass is 271 g/mol. The zero-order chi connectivity index (χ0) is 14.8. The highest BCUT2D eigenvalue weighted by Crippen LogP contribution is 2.18. The minimum atomic E-state index is -1.19. The summed E-state index contributed by atoms with van der Waals surface area (Å²) >= 11 is 0. The van der Waals surface area contributed by atoms with Crippen LogP contribution in [0.15, 0.2) is 0 Å². The van der Waals surface area contributed by atoms with Crippen LogP contribution in [0.1, 0.15) is 27.2 Å². The number of likely N-dealkylation sites (N-methyl/N-ethyl adjacent to an activating group) is 2. The van der Waals surface area contributed by atoms with Gasteiger partial charge in [0.25, 0.3) is 0 Å². The fourth-order valence-electron chi connectivity index (χ4n) is 2.16. The number of aliphatic carboxylic acids is 1. The van der Waals surface area contributed by atoms with Crippen molar-refractivity contribution in [2.24, 2.45) is 0 Å². The lowest BCUT2D eigenvalue weighted by Gasteiger charge is -2.42. The van der Waals surface area contributed by atoms with Crippen molar-refractivity contribution in [3.8, 4) is 0 Å². The van der Waals surface area contributed by atoms with Crippen molar-refractivity contribution in [3.05, 3.63) is 0 Å². The van der Waals surface area contributed by atoms with Crippen molar-refractivity contribution in [2.75, 3.05) is 33.7 Å². The van der Waals surface area contributed by atoms with Crippen molar-refractivity contribution in [3.63, 3.8) is 0 Å². The molecular formula is C13H25N3O3. The summed E-state index contributed by atoms with van der Waals surface area (Å²) in [5, 5.41) is 9.18. The molecule has 1 aliphatic rings. The Balaban J connectivity index is 2.75. The molecule has 0 aliphatic carbocycles. The van der Waals surface area contributed by atoms with E-state index in [1.807, 2.05) is 0 Å². The molecule has 6 nitrogen and oxygen atoms in total. The van der Waals surface area contributed by atoms with E-state index in [0.717, 1.165) is 13.0 Å². The number of carboxylic acid groups (broad SMARTS) is 1. The van der Waals surface area contributed by atoms with Gasteiger partial charge in [0.2, 0.25) is 0 Å². The lowest BCUT2D eigenvalue weighted by atomic mass is 10.0. The normalized spacial score (nSPS) is 21.3. The summed E-state index contributed by atoms with van der Waals surface area (Å²) in [5.41, 5.74) is -1.19. The molecule has 0 saturated carbocycles. The maximum absolute atomic E-state index is 12.4. The maximum atomic E-state index is 12.4. The van der Waals surface area contributed by atoms with Crippen LogP contribution in [0.5, 0.6) is 0 Å². The van der Waals surface area contributed by atoms with Gasteiger partial charge in [-0.15, -0.1) is 0 Å². The Morgan fingerprint density at radius 1 is 1.37 bits per heavy atom. The van der Waals surface area contributed by atoms with Gasteiger partial charge in [-0.25, -0.2) is 9.59 Å². The van der Waals surface area contributed by atoms with Crippen molar-refractivity contribution in [1.29, 1.82) is 0 Å². The smallest absolute Gasteiger partial charge is 0.329 e. The average molecular weight is 271 g/mol. The van der Waals surface area contributed by atoms with Gasteiger partial charge < -0.3 is 14.9 Å². The van der Waals surface area contributed by atoms with Gasteiger partial charge in [-0.05, 0) is 27.3 Å². The third-order valence-corrected chi connectivity index (χ3v) is 4.17. The number of hydrogen-bond acceptors (Lipinski definition) is 3. The van der Waals surface area contributed by atoms with Crippen LogP contribution in [-0.4, -0.2) is 77.1 Å². The van der Waals surface area contributed by atoms with Crippen molar-refractivity contribution in [1.82, 2.24) is 14.7 Å². The molecule has 1 atom stereocenters. The Kier molecular flexibility index (Phi) is 4.79. The van der Waals surface area contributed by atoms with Gasteiger partial charge in [-0.3, -0.25) is 4.90 Å². The molecule has 0 bridgehead atoms. The van der Waals surface area contributed by atoms with Gasteiger partial charge in [-0.1, -0.05) is 6.92 Å². The van der Waals surface area contributed by atoms with Crippen LogP contribution in [0.3, 0.4) is 0 Å². The molecule has 110 valence electrons. The lowest BCUT2D eigenvalue weighted by molar-refractivity contribution is -0.147. The second-order valence-electron chi connectivity index (χ2n) is 5.69. The molecule has 0 aromatic rings. The van der Waals surface area contributed by atoms with Gasteiger partial charge in [0.05, 0.1) is 0 Å². The number of hydrogen-bond donors (Lipinski definition) is 1. The van der Waals surface area contributed by atoms with Gasteiger partial charge >= 0.3 is 12.0 Å². The Labute approximate surface area is 115 Å². The van der Waals surface area contributed by atoms with E-state index < -0.39 is 11.5 Å². The van der Waals surface area contributed by atoms with Gasteiger partial charge in [0, 0.05) is 32.7 Å². The molecule has 0 radical (unpaired) electrons. The number of amides is 2. The minimum Gasteiger partial charge on any atom is -0.480 e. The Morgan fingerprint density at radius 2 is 1.95 bits per heavy atom. The topological polar surface area (TPSA) is 64.1 Å². The van der Waals surface area contributed by atoms with Gasteiger partial charge in [0.1, 0.15) is 5.54 Å². The van der Waals surface area contributed by atoms with Gasteiger partial charge in [0.15, 0.2) is 0 Å². The third kappa shape index (κ3) is 3.18. The summed E-state index contributed by atoms with van der Waals surface area (Å²) in [6, 6.07) is 0.137. The first-order chi connectivity index (χ1) is 8.71. The maximum Gasteiger partial charge on any atom is 0.329 e. The fourth-order valence-corrected chi connectivity index (χ4v) is 2.16. The molecule has 0 aromatic carbocycles.